The van der Waals surface area contributed by atoms with Crippen LogP contribution in [0.3, 0.4) is 0 Å². The predicted molar refractivity (Wildman–Crippen MR) is 206 cm³/mol. The smallest absolute Gasteiger partial charge is 0.548 e. The van der Waals surface area contributed by atoms with Gasteiger partial charge in [-0.1, -0.05) is 80.4 Å². The first-order valence-corrected chi connectivity index (χ1v) is 18.2. The van der Waals surface area contributed by atoms with Crippen molar-refractivity contribution in [1.29, 1.82) is 0 Å². The molecule has 56 heavy (non-hydrogen) atoms. The number of rotatable bonds is 13. The van der Waals surface area contributed by atoms with Crippen LogP contribution in [0.1, 0.15) is 113 Å². The van der Waals surface area contributed by atoms with Crippen LogP contribution in [-0.4, -0.2) is 67.1 Å². The van der Waals surface area contributed by atoms with E-state index in [2.05, 4.69) is 9.98 Å². The van der Waals surface area contributed by atoms with Crippen LogP contribution in [0, 0.1) is 25.7 Å². The van der Waals surface area contributed by atoms with Crippen LogP contribution in [0.5, 0.6) is 34.5 Å². The minimum atomic E-state index is -1.44. The molecule has 0 aliphatic heterocycles. The summed E-state index contributed by atoms with van der Waals surface area (Å²) in [7, 11) is 0. The van der Waals surface area contributed by atoms with Gasteiger partial charge in [0.2, 0.25) is 0 Å². The van der Waals surface area contributed by atoms with E-state index in [0.717, 1.165) is 12.4 Å². The van der Waals surface area contributed by atoms with Gasteiger partial charge in [0.1, 0.15) is 11.5 Å². The van der Waals surface area contributed by atoms with Gasteiger partial charge in [-0.25, -0.2) is 0 Å². The van der Waals surface area contributed by atoms with E-state index in [1.54, 1.807) is 81.4 Å². The van der Waals surface area contributed by atoms with Gasteiger partial charge in [0.25, 0.3) is 0 Å². The maximum absolute atomic E-state index is 12.3. The molecule has 0 spiro atoms. The molecule has 0 amide bonds. The summed E-state index contributed by atoms with van der Waals surface area (Å²) in [5, 5.41) is 94.6. The molecule has 12 nitrogen and oxygen atoms in total. The fourth-order valence-electron chi connectivity index (χ4n) is 7.26. The molecule has 0 fully saturated rings. The number of benzene rings is 4. The molecular weight excluding hydrogens is 738 g/mol. The summed E-state index contributed by atoms with van der Waals surface area (Å²) in [4.78, 5) is 32.5. The number of carbonyl (C=O) groups is 2. The van der Waals surface area contributed by atoms with Gasteiger partial charge in [0, 0.05) is 56.6 Å². The van der Waals surface area contributed by atoms with Crippen molar-refractivity contribution in [3.8, 4) is 45.6 Å². The van der Waals surface area contributed by atoms with Gasteiger partial charge >= 0.3 is 59.1 Å². The number of nitrogens with zero attached hydrogens (tertiary/aromatic N) is 2. The van der Waals surface area contributed by atoms with Gasteiger partial charge in [-0.2, -0.15) is 0 Å². The van der Waals surface area contributed by atoms with Crippen molar-refractivity contribution in [2.24, 2.45) is 21.8 Å². The zero-order valence-corrected chi connectivity index (χ0v) is 38.4. The molecule has 4 atom stereocenters. The van der Waals surface area contributed by atoms with Crippen molar-refractivity contribution in [3.63, 3.8) is 0 Å². The number of carboxylic acids is 2. The number of aliphatic imine (C=N–C) groups is 2. The molecule has 0 unspecified atom stereocenters. The monoisotopic (exact) mass is 788 g/mol. The van der Waals surface area contributed by atoms with Crippen LogP contribution < -0.4 is 69.3 Å². The minimum Gasteiger partial charge on any atom is -0.548 e. The zero-order chi connectivity index (χ0) is 40.7. The Morgan fingerprint density at radius 1 is 0.589 bits per heavy atom. The van der Waals surface area contributed by atoms with Crippen LogP contribution in [0.25, 0.3) is 32.7 Å². The summed E-state index contributed by atoms with van der Waals surface area (Å²) in [6, 6.07) is 0.756. The summed E-state index contributed by atoms with van der Waals surface area (Å²) in [5.41, 5.74) is 1.41. The first kappa shape index (κ1) is 48.6. The van der Waals surface area contributed by atoms with E-state index in [-0.39, 0.29) is 104 Å². The van der Waals surface area contributed by atoms with Crippen LogP contribution >= 0.6 is 0 Å². The molecule has 14 heteroatoms. The van der Waals surface area contributed by atoms with Crippen LogP contribution in [-0.2, 0) is 9.59 Å². The second-order valence-corrected chi connectivity index (χ2v) is 14.9. The molecule has 290 valence electrons. The van der Waals surface area contributed by atoms with E-state index in [4.69, 9.17) is 0 Å². The van der Waals surface area contributed by atoms with Crippen LogP contribution in [0.15, 0.2) is 22.1 Å². The van der Waals surface area contributed by atoms with E-state index >= 15 is 0 Å². The third-order valence-electron chi connectivity index (χ3n) is 10.6. The SMILES string of the molecule is CC[C@@H](C)[C@@H](N=Cc1c(O)c(O)c(C(C)C)c2cc(C)c(-c3c(C)cc4c(C(C)C)c(O)c(O)c(C=N[C@H](C(=O)[O-])[C@@H](C)CC)c4c3O)c(O)c12)C(=O)[O-].[Na+].[Na+]. The molecular formula is C42H50N2Na2O10. The second kappa shape index (κ2) is 19.3. The number of hydrogen-bond acceptors (Lipinski definition) is 12. The van der Waals surface area contributed by atoms with Crippen molar-refractivity contribution in [2.45, 2.75) is 106 Å². The topological polar surface area (TPSA) is 226 Å². The summed E-state index contributed by atoms with van der Waals surface area (Å²) in [6.07, 6.45) is 3.10. The maximum atomic E-state index is 12.3. The Bertz CT molecular complexity index is 2060. The molecule has 0 bridgehead atoms. The number of aliphatic carboxylic acids is 2. The average molecular weight is 789 g/mol. The third kappa shape index (κ3) is 8.80. The van der Waals surface area contributed by atoms with Crippen molar-refractivity contribution in [1.82, 2.24) is 0 Å². The van der Waals surface area contributed by atoms with Crippen LogP contribution in [0.4, 0.5) is 0 Å². The molecule has 6 N–H and O–H groups in total. The first-order valence-electron chi connectivity index (χ1n) is 18.2. The number of phenols is 6. The average Bonchev–Trinajstić information content (AvgIpc) is 3.08. The minimum absolute atomic E-state index is 0. The standard InChI is InChI=1S/C42H52N2O10.2Na/c1-11-19(7)33(41(51)52)43-15-25-31-23(27(17(3)4)39(49)35(25)45)13-21(9)29(37(31)47)30-22(10)14-24-28(18(5)6)40(50)36(46)26(32(24)38(30)48)16-44-34(42(53)54)20(8)12-2;;/h13-20,33-34,45-50H,11-12H2,1-10H3,(H,51,52)(H,53,54);;/q;2*+1/p-2/t19-,20+,33-,34+;;. The second-order valence-electron chi connectivity index (χ2n) is 14.9. The number of aryl methyl sites for hydroxylation is 2. The van der Waals surface area contributed by atoms with Crippen molar-refractivity contribution >= 4 is 45.9 Å². The van der Waals surface area contributed by atoms with E-state index in [1.807, 2.05) is 0 Å². The zero-order valence-electron chi connectivity index (χ0n) is 34.4. The largest absolute Gasteiger partial charge is 1.00 e. The first-order chi connectivity index (χ1) is 25.2. The summed E-state index contributed by atoms with van der Waals surface area (Å²) in [6.45, 7) is 17.5. The molecule has 4 rings (SSSR count). The number of carboxylic acid groups (broad SMARTS) is 2. The van der Waals surface area contributed by atoms with Gasteiger partial charge in [0.05, 0.1) is 24.0 Å². The maximum Gasteiger partial charge on any atom is 1.00 e. The van der Waals surface area contributed by atoms with E-state index in [9.17, 15) is 50.4 Å². The number of fused-ring (bicyclic) bond motifs is 2. The number of phenolic OH excluding ortho intramolecular Hbond substituents is 6. The molecule has 0 radical (unpaired) electrons. The molecule has 4 aromatic rings. The Hall–Kier alpha value is -3.52. The third-order valence-corrected chi connectivity index (χ3v) is 10.6. The van der Waals surface area contributed by atoms with Gasteiger partial charge < -0.3 is 50.4 Å². The van der Waals surface area contributed by atoms with Crippen molar-refractivity contribution in [3.05, 3.63) is 45.5 Å². The number of aromatic hydroxyl groups is 6. The summed E-state index contributed by atoms with van der Waals surface area (Å²) in [5.74, 6) is -7.50. The summed E-state index contributed by atoms with van der Waals surface area (Å²) < 4.78 is 0. The predicted octanol–water partition coefficient (Wildman–Crippen LogP) is -0.0678. The Morgan fingerprint density at radius 3 is 1.14 bits per heavy atom. The molecule has 4 aromatic carbocycles. The van der Waals surface area contributed by atoms with E-state index < -0.39 is 70.4 Å². The van der Waals surface area contributed by atoms with Crippen molar-refractivity contribution < 1.29 is 110 Å². The van der Waals surface area contributed by atoms with E-state index in [1.165, 1.54) is 0 Å². The van der Waals surface area contributed by atoms with Gasteiger partial charge in [0.15, 0.2) is 23.0 Å². The number of hydrogen-bond donors (Lipinski definition) is 6. The van der Waals surface area contributed by atoms with E-state index in [0.29, 0.717) is 45.9 Å². The molecule has 0 aliphatic rings. The van der Waals surface area contributed by atoms with Gasteiger partial charge in [-0.15, -0.1) is 0 Å². The Balaban J connectivity index is 0.00000541. The Kier molecular flexibility index (Phi) is 16.7. The molecule has 0 aromatic heterocycles. The van der Waals surface area contributed by atoms with Crippen molar-refractivity contribution in [2.75, 3.05) is 0 Å². The van der Waals surface area contributed by atoms with Crippen LogP contribution in [0.2, 0.25) is 0 Å². The fraction of sp³-hybridized carbons (Fsp3) is 0.429. The quantitative estimate of drug-likeness (QED) is 0.0601. The molecule has 0 saturated carbocycles. The molecule has 0 heterocycles. The Morgan fingerprint density at radius 2 is 0.893 bits per heavy atom. The normalized spacial score (nSPS) is 14.0. The van der Waals surface area contributed by atoms with Gasteiger partial charge in [-0.05, 0) is 59.4 Å². The summed E-state index contributed by atoms with van der Waals surface area (Å²) >= 11 is 0. The van der Waals surface area contributed by atoms with Gasteiger partial charge in [-0.3, -0.25) is 9.98 Å². The Labute approximate surface area is 371 Å². The molecule has 0 saturated heterocycles. The fourth-order valence-corrected chi connectivity index (χ4v) is 7.26. The number of carbonyl (C=O) groups excluding carboxylic acids is 2. The molecule has 0 aliphatic carbocycles.